The third kappa shape index (κ3) is 1.45. The number of para-hydroxylation sites is 1. The molecule has 2 rings (SSSR count). The summed E-state index contributed by atoms with van der Waals surface area (Å²) in [5.74, 6) is 0.936. The minimum Gasteiger partial charge on any atom is -0.276 e. The van der Waals surface area contributed by atoms with Gasteiger partial charge in [-0.15, -0.1) is 10.2 Å². The van der Waals surface area contributed by atoms with Crippen molar-refractivity contribution < 1.29 is 0 Å². The van der Waals surface area contributed by atoms with E-state index in [9.17, 15) is 0 Å². The third-order valence-corrected chi connectivity index (χ3v) is 1.90. The molecule has 3 heteroatoms. The predicted octanol–water partition coefficient (Wildman–Crippen LogP) is 1.63. The first kappa shape index (κ1) is 7.98. The lowest BCUT2D eigenvalue weighted by molar-refractivity contribution is 0.881. The van der Waals surface area contributed by atoms with Gasteiger partial charge >= 0.3 is 0 Å². The van der Waals surface area contributed by atoms with Gasteiger partial charge in [-0.2, -0.15) is 0 Å². The largest absolute Gasteiger partial charge is 0.276 e. The van der Waals surface area contributed by atoms with Gasteiger partial charge in [0.25, 0.3) is 0 Å². The average molecular weight is 172 g/mol. The molecule has 0 amide bonds. The van der Waals surface area contributed by atoms with Crippen LogP contribution in [0.2, 0.25) is 0 Å². The maximum absolute atomic E-state index is 3.97. The molecule has 0 aliphatic carbocycles. The van der Waals surface area contributed by atoms with Crippen LogP contribution in [0, 0.1) is 6.33 Å². The number of rotatable bonds is 2. The van der Waals surface area contributed by atoms with Gasteiger partial charge in [-0.25, -0.2) is 0 Å². The van der Waals surface area contributed by atoms with Gasteiger partial charge in [-0.05, 0) is 12.1 Å². The van der Waals surface area contributed by atoms with Crippen LogP contribution < -0.4 is 0 Å². The molecule has 0 saturated carbocycles. The molecule has 1 radical (unpaired) electrons. The van der Waals surface area contributed by atoms with Gasteiger partial charge in [-0.3, -0.25) is 4.57 Å². The van der Waals surface area contributed by atoms with Crippen molar-refractivity contribution in [1.29, 1.82) is 0 Å². The highest BCUT2D eigenvalue weighted by atomic mass is 15.3. The van der Waals surface area contributed by atoms with E-state index in [0.717, 1.165) is 17.9 Å². The monoisotopic (exact) mass is 172 g/mol. The van der Waals surface area contributed by atoms with Gasteiger partial charge in [-0.1, -0.05) is 25.1 Å². The van der Waals surface area contributed by atoms with Crippen molar-refractivity contribution in [3.63, 3.8) is 0 Å². The third-order valence-electron chi connectivity index (χ3n) is 1.90. The lowest BCUT2D eigenvalue weighted by atomic mass is 10.3. The average Bonchev–Trinajstić information content (AvgIpc) is 2.67. The first-order valence-corrected chi connectivity index (χ1v) is 4.29. The summed E-state index contributed by atoms with van der Waals surface area (Å²) in [6.45, 7) is 2.05. The molecule has 2 aromatic rings. The Morgan fingerprint density at radius 3 is 2.77 bits per heavy atom. The van der Waals surface area contributed by atoms with E-state index in [-0.39, 0.29) is 0 Å². The van der Waals surface area contributed by atoms with Crippen molar-refractivity contribution >= 4 is 0 Å². The van der Waals surface area contributed by atoms with E-state index in [2.05, 4.69) is 23.4 Å². The number of hydrogen-bond acceptors (Lipinski definition) is 2. The van der Waals surface area contributed by atoms with Crippen molar-refractivity contribution in [3.8, 4) is 5.69 Å². The molecule has 1 aromatic heterocycles. The second-order valence-electron chi connectivity index (χ2n) is 2.74. The second kappa shape index (κ2) is 3.39. The van der Waals surface area contributed by atoms with Gasteiger partial charge in [0.2, 0.25) is 6.33 Å². The number of aryl methyl sites for hydroxylation is 1. The Labute approximate surface area is 77.0 Å². The molecule has 0 N–H and O–H groups in total. The highest BCUT2D eigenvalue weighted by Crippen LogP contribution is 2.08. The maximum Gasteiger partial charge on any atom is 0.207 e. The van der Waals surface area contributed by atoms with Crippen LogP contribution in [0.5, 0.6) is 0 Å². The smallest absolute Gasteiger partial charge is 0.207 e. The van der Waals surface area contributed by atoms with E-state index >= 15 is 0 Å². The highest BCUT2D eigenvalue weighted by molar-refractivity contribution is 5.31. The van der Waals surface area contributed by atoms with E-state index in [1.807, 2.05) is 34.9 Å². The van der Waals surface area contributed by atoms with Crippen LogP contribution >= 0.6 is 0 Å². The normalized spacial score (nSPS) is 10.2. The summed E-state index contributed by atoms with van der Waals surface area (Å²) in [7, 11) is 0. The zero-order valence-electron chi connectivity index (χ0n) is 7.44. The van der Waals surface area contributed by atoms with Crippen molar-refractivity contribution in [2.75, 3.05) is 0 Å². The Morgan fingerprint density at radius 2 is 2.08 bits per heavy atom. The summed E-state index contributed by atoms with van der Waals surface area (Å²) >= 11 is 0. The first-order valence-electron chi connectivity index (χ1n) is 4.29. The molecular weight excluding hydrogens is 162 g/mol. The Morgan fingerprint density at radius 1 is 1.31 bits per heavy atom. The summed E-state index contributed by atoms with van der Waals surface area (Å²) in [6, 6.07) is 9.99. The van der Waals surface area contributed by atoms with E-state index in [0.29, 0.717) is 0 Å². The minimum absolute atomic E-state index is 0.866. The standard InChI is InChI=1S/C10H10N3/c1-2-10-12-11-8-13(10)9-6-4-3-5-7-9/h3-7H,2H2,1H3. The van der Waals surface area contributed by atoms with Crippen molar-refractivity contribution in [3.05, 3.63) is 42.5 Å². The molecule has 3 nitrogen and oxygen atoms in total. The predicted molar refractivity (Wildman–Crippen MR) is 49.6 cm³/mol. The van der Waals surface area contributed by atoms with Gasteiger partial charge in [0.05, 0.1) is 0 Å². The fraction of sp³-hybridized carbons (Fsp3) is 0.200. The van der Waals surface area contributed by atoms with Crippen molar-refractivity contribution in [2.45, 2.75) is 13.3 Å². The zero-order valence-corrected chi connectivity index (χ0v) is 7.44. The molecule has 1 heterocycles. The SMILES string of the molecule is CCc1nn[c]n1-c1ccccc1. The fourth-order valence-electron chi connectivity index (χ4n) is 1.24. The van der Waals surface area contributed by atoms with Crippen LogP contribution in [-0.4, -0.2) is 14.8 Å². The second-order valence-corrected chi connectivity index (χ2v) is 2.74. The Balaban J connectivity index is 2.47. The van der Waals surface area contributed by atoms with E-state index in [1.54, 1.807) is 0 Å². The van der Waals surface area contributed by atoms with Crippen molar-refractivity contribution in [1.82, 2.24) is 14.8 Å². The first-order chi connectivity index (χ1) is 6.42. The molecule has 13 heavy (non-hydrogen) atoms. The summed E-state index contributed by atoms with van der Waals surface area (Å²) < 4.78 is 1.88. The van der Waals surface area contributed by atoms with Gasteiger partial charge in [0, 0.05) is 12.1 Å². The van der Waals surface area contributed by atoms with Crippen molar-refractivity contribution in [2.24, 2.45) is 0 Å². The number of hydrogen-bond donors (Lipinski definition) is 0. The Hall–Kier alpha value is -1.64. The molecule has 0 aliphatic heterocycles. The quantitative estimate of drug-likeness (QED) is 0.689. The van der Waals surface area contributed by atoms with Crippen LogP contribution in [0.15, 0.2) is 30.3 Å². The van der Waals surface area contributed by atoms with E-state index in [1.165, 1.54) is 0 Å². The van der Waals surface area contributed by atoms with Gasteiger partial charge in [0.1, 0.15) is 5.82 Å². The molecule has 0 atom stereocenters. The molecule has 0 fully saturated rings. The van der Waals surface area contributed by atoms with E-state index in [4.69, 9.17) is 0 Å². The fourth-order valence-corrected chi connectivity index (χ4v) is 1.24. The number of nitrogens with zero attached hydrogens (tertiary/aromatic N) is 3. The lowest BCUT2D eigenvalue weighted by Crippen LogP contribution is -1.98. The zero-order chi connectivity index (χ0) is 9.10. The Bertz CT molecular complexity index is 378. The summed E-state index contributed by atoms with van der Waals surface area (Å²) in [6.07, 6.45) is 3.69. The molecule has 1 aromatic carbocycles. The molecular formula is C10H10N3. The molecule has 0 spiro atoms. The molecule has 65 valence electrons. The van der Waals surface area contributed by atoms with Gasteiger partial charge < -0.3 is 0 Å². The molecule has 0 aliphatic rings. The van der Waals surface area contributed by atoms with Crippen LogP contribution in [0.1, 0.15) is 12.7 Å². The molecule has 0 saturated heterocycles. The minimum atomic E-state index is 0.866. The topological polar surface area (TPSA) is 30.7 Å². The summed E-state index contributed by atoms with van der Waals surface area (Å²) in [4.78, 5) is 0. The van der Waals surface area contributed by atoms with E-state index < -0.39 is 0 Å². The lowest BCUT2D eigenvalue weighted by Gasteiger charge is -2.02. The number of aromatic nitrogens is 3. The van der Waals surface area contributed by atoms with Crippen LogP contribution in [-0.2, 0) is 6.42 Å². The summed E-state index contributed by atoms with van der Waals surface area (Å²) in [5.41, 5.74) is 1.06. The maximum atomic E-state index is 3.97. The van der Waals surface area contributed by atoms with Crippen LogP contribution in [0.3, 0.4) is 0 Å². The molecule has 0 unspecified atom stereocenters. The Kier molecular flexibility index (Phi) is 2.08. The molecule has 0 bridgehead atoms. The van der Waals surface area contributed by atoms with Crippen LogP contribution in [0.4, 0.5) is 0 Å². The highest BCUT2D eigenvalue weighted by Gasteiger charge is 2.02. The van der Waals surface area contributed by atoms with Crippen LogP contribution in [0.25, 0.3) is 5.69 Å². The number of benzene rings is 1. The summed E-state index contributed by atoms with van der Waals surface area (Å²) in [5, 5.41) is 7.73. The van der Waals surface area contributed by atoms with Gasteiger partial charge in [0.15, 0.2) is 0 Å².